The summed E-state index contributed by atoms with van der Waals surface area (Å²) in [5, 5.41) is 13.3. The topological polar surface area (TPSA) is 96.2 Å². The molecule has 3 N–H and O–H groups in total. The Balaban J connectivity index is 1.86. The monoisotopic (exact) mass is 340 g/mol. The molecule has 0 radical (unpaired) electrons. The van der Waals surface area contributed by atoms with Crippen molar-refractivity contribution in [2.24, 2.45) is 7.05 Å². The van der Waals surface area contributed by atoms with Gasteiger partial charge in [-0.2, -0.15) is 0 Å². The third kappa shape index (κ3) is 3.18. The molecule has 0 bridgehead atoms. The van der Waals surface area contributed by atoms with Crippen LogP contribution in [0.4, 0.5) is 0 Å². The van der Waals surface area contributed by atoms with Gasteiger partial charge in [0.2, 0.25) is 5.91 Å². The highest BCUT2D eigenvalue weighted by Crippen LogP contribution is 2.29. The summed E-state index contributed by atoms with van der Waals surface area (Å²) in [6, 6.07) is 9.84. The summed E-state index contributed by atoms with van der Waals surface area (Å²) in [5.74, 6) is -0.747. The Morgan fingerprint density at radius 3 is 2.76 bits per heavy atom. The van der Waals surface area contributed by atoms with Crippen LogP contribution in [0.15, 0.2) is 30.3 Å². The lowest BCUT2D eigenvalue weighted by atomic mass is 10.1. The molecule has 130 valence electrons. The molecular weight excluding hydrogens is 320 g/mol. The molecule has 3 aromatic rings. The molecule has 2 heterocycles. The summed E-state index contributed by atoms with van der Waals surface area (Å²) in [4.78, 5) is 27.8. The van der Waals surface area contributed by atoms with Crippen molar-refractivity contribution in [3.05, 3.63) is 41.7 Å². The van der Waals surface area contributed by atoms with Gasteiger partial charge < -0.3 is 9.88 Å². The first-order valence-corrected chi connectivity index (χ1v) is 8.09. The number of nitrogens with one attached hydrogen (secondary N) is 2. The van der Waals surface area contributed by atoms with Gasteiger partial charge in [-0.25, -0.2) is 10.5 Å². The quantitative estimate of drug-likeness (QED) is 0.376. The minimum atomic E-state index is -0.472. The highest BCUT2D eigenvalue weighted by Gasteiger charge is 2.15. The fraction of sp³-hybridized carbons (Fsp3) is 0.278. The van der Waals surface area contributed by atoms with Crippen LogP contribution in [0.3, 0.4) is 0 Å². The van der Waals surface area contributed by atoms with E-state index < -0.39 is 5.91 Å². The summed E-state index contributed by atoms with van der Waals surface area (Å²) >= 11 is 0. The third-order valence-electron chi connectivity index (χ3n) is 4.28. The largest absolute Gasteiger partial charge is 0.351 e. The van der Waals surface area contributed by atoms with Gasteiger partial charge in [0.1, 0.15) is 5.69 Å². The Kier molecular flexibility index (Phi) is 4.67. The van der Waals surface area contributed by atoms with Crippen molar-refractivity contribution in [1.29, 1.82) is 0 Å². The van der Waals surface area contributed by atoms with Crippen molar-refractivity contribution in [3.8, 4) is 0 Å². The lowest BCUT2D eigenvalue weighted by Gasteiger charge is -2.07. The van der Waals surface area contributed by atoms with Crippen LogP contribution in [0.5, 0.6) is 0 Å². The highest BCUT2D eigenvalue weighted by molar-refractivity contribution is 6.10. The minimum absolute atomic E-state index is 0.144. The normalized spacial score (nSPS) is 11.0. The van der Waals surface area contributed by atoms with Gasteiger partial charge in [-0.3, -0.25) is 14.8 Å². The molecule has 0 spiro atoms. The average molecular weight is 340 g/mol. The number of carbonyl (C=O) groups is 2. The number of para-hydroxylation sites is 1. The van der Waals surface area contributed by atoms with Crippen molar-refractivity contribution in [2.45, 2.75) is 19.8 Å². The second kappa shape index (κ2) is 6.90. The zero-order valence-corrected chi connectivity index (χ0v) is 14.2. The Hall–Kier alpha value is -2.93. The first-order valence-electron chi connectivity index (χ1n) is 8.09. The number of amides is 2. The maximum absolute atomic E-state index is 12.4. The molecule has 0 aliphatic heterocycles. The molecule has 2 aromatic heterocycles. The van der Waals surface area contributed by atoms with Crippen LogP contribution in [-0.2, 0) is 11.8 Å². The Morgan fingerprint density at radius 1 is 1.24 bits per heavy atom. The first kappa shape index (κ1) is 16.9. The van der Waals surface area contributed by atoms with Crippen molar-refractivity contribution in [3.63, 3.8) is 0 Å². The lowest BCUT2D eigenvalue weighted by Crippen LogP contribution is -2.27. The van der Waals surface area contributed by atoms with E-state index in [1.54, 1.807) is 11.5 Å². The Morgan fingerprint density at radius 2 is 2.00 bits per heavy atom. The summed E-state index contributed by atoms with van der Waals surface area (Å²) < 4.78 is 2.09. The van der Waals surface area contributed by atoms with E-state index in [4.69, 9.17) is 5.21 Å². The molecule has 0 aliphatic carbocycles. The van der Waals surface area contributed by atoms with Gasteiger partial charge in [0.05, 0.1) is 11.2 Å². The Bertz CT molecular complexity index is 962. The number of fused-ring (bicyclic) bond motifs is 3. The van der Waals surface area contributed by atoms with E-state index in [9.17, 15) is 9.59 Å². The van der Waals surface area contributed by atoms with Crippen LogP contribution in [0.1, 0.15) is 29.0 Å². The van der Waals surface area contributed by atoms with Gasteiger partial charge >= 0.3 is 0 Å². The summed E-state index contributed by atoms with van der Waals surface area (Å²) in [6.45, 7) is 2.23. The van der Waals surface area contributed by atoms with E-state index in [0.717, 1.165) is 27.5 Å². The number of rotatable bonds is 5. The molecule has 25 heavy (non-hydrogen) atoms. The number of pyridine rings is 1. The number of carbonyl (C=O) groups excluding carboxylic acids is 2. The standard InChI is InChI=1S/C18H20N4O3/c1-11-17-13(12-6-3-4-7-15(12)22(17)2)10-14(20-11)18(24)19-9-5-8-16(23)21-25/h3-4,6-7,10,25H,5,8-9H2,1-2H3,(H,19,24)(H,21,23). The van der Waals surface area contributed by atoms with Crippen LogP contribution >= 0.6 is 0 Å². The maximum atomic E-state index is 12.4. The summed E-state index contributed by atoms with van der Waals surface area (Å²) in [5.41, 5.74) is 4.82. The summed E-state index contributed by atoms with van der Waals surface area (Å²) in [7, 11) is 1.99. The Labute approximate surface area is 144 Å². The number of aromatic nitrogens is 2. The smallest absolute Gasteiger partial charge is 0.269 e. The number of nitrogens with zero attached hydrogens (tertiary/aromatic N) is 2. The minimum Gasteiger partial charge on any atom is -0.351 e. The van der Waals surface area contributed by atoms with Gasteiger partial charge in [0, 0.05) is 36.3 Å². The van der Waals surface area contributed by atoms with Gasteiger partial charge in [-0.15, -0.1) is 0 Å². The predicted octanol–water partition coefficient (Wildman–Crippen LogP) is 2.05. The fourth-order valence-corrected chi connectivity index (χ4v) is 3.12. The van der Waals surface area contributed by atoms with E-state index in [1.165, 1.54) is 0 Å². The van der Waals surface area contributed by atoms with Crippen LogP contribution in [0.25, 0.3) is 21.8 Å². The van der Waals surface area contributed by atoms with Gasteiger partial charge in [0.25, 0.3) is 5.91 Å². The second-order valence-electron chi connectivity index (χ2n) is 5.96. The highest BCUT2D eigenvalue weighted by atomic mass is 16.5. The zero-order chi connectivity index (χ0) is 18.0. The predicted molar refractivity (Wildman–Crippen MR) is 94.5 cm³/mol. The van der Waals surface area contributed by atoms with Crippen LogP contribution in [0, 0.1) is 6.92 Å². The molecule has 2 amide bonds. The summed E-state index contributed by atoms with van der Waals surface area (Å²) in [6.07, 6.45) is 0.583. The molecule has 0 atom stereocenters. The van der Waals surface area contributed by atoms with Crippen LogP contribution in [0.2, 0.25) is 0 Å². The number of benzene rings is 1. The van der Waals surface area contributed by atoms with Gasteiger partial charge in [-0.1, -0.05) is 18.2 Å². The number of hydrogen-bond donors (Lipinski definition) is 3. The van der Waals surface area contributed by atoms with E-state index in [2.05, 4.69) is 14.9 Å². The van der Waals surface area contributed by atoms with Crippen LogP contribution in [-0.4, -0.2) is 33.1 Å². The third-order valence-corrected chi connectivity index (χ3v) is 4.28. The fourth-order valence-electron chi connectivity index (χ4n) is 3.12. The SMILES string of the molecule is Cc1nc(C(=O)NCCCC(=O)NO)cc2c3ccccc3n(C)c12. The molecule has 7 heteroatoms. The number of aryl methyl sites for hydroxylation is 2. The van der Waals surface area contributed by atoms with Crippen molar-refractivity contribution in [2.75, 3.05) is 6.54 Å². The van der Waals surface area contributed by atoms with Crippen molar-refractivity contribution in [1.82, 2.24) is 20.3 Å². The van der Waals surface area contributed by atoms with E-state index in [1.807, 2.05) is 38.2 Å². The molecule has 7 nitrogen and oxygen atoms in total. The lowest BCUT2D eigenvalue weighted by molar-refractivity contribution is -0.129. The van der Waals surface area contributed by atoms with Gasteiger partial charge in [0.15, 0.2) is 0 Å². The molecule has 1 aromatic carbocycles. The molecular formula is C18H20N4O3. The first-order chi connectivity index (χ1) is 12.0. The van der Waals surface area contributed by atoms with E-state index in [-0.39, 0.29) is 12.3 Å². The molecule has 0 saturated heterocycles. The van der Waals surface area contributed by atoms with Gasteiger partial charge in [-0.05, 0) is 25.5 Å². The van der Waals surface area contributed by atoms with E-state index in [0.29, 0.717) is 18.7 Å². The second-order valence-corrected chi connectivity index (χ2v) is 5.96. The van der Waals surface area contributed by atoms with Crippen LogP contribution < -0.4 is 10.8 Å². The number of hydrogen-bond acceptors (Lipinski definition) is 4. The molecule has 0 unspecified atom stereocenters. The number of hydroxylamine groups is 1. The molecule has 0 saturated carbocycles. The molecule has 3 rings (SSSR count). The maximum Gasteiger partial charge on any atom is 0.269 e. The molecule has 0 fully saturated rings. The zero-order valence-electron chi connectivity index (χ0n) is 14.2. The van der Waals surface area contributed by atoms with Crippen molar-refractivity contribution < 1.29 is 14.8 Å². The average Bonchev–Trinajstić information content (AvgIpc) is 2.91. The van der Waals surface area contributed by atoms with Crippen molar-refractivity contribution >= 4 is 33.6 Å². The molecule has 0 aliphatic rings. The van der Waals surface area contributed by atoms with E-state index >= 15 is 0 Å².